The quantitative estimate of drug-likeness (QED) is 0.526. The fourth-order valence-corrected chi connectivity index (χ4v) is 5.04. The number of rotatable bonds is 5. The standard InChI is InChI=1S/C20H23N3O2S/c1-12-5-3-7-15(12)16-8-4-6-14-9-18(23(21)19(14)16)20-22-17(10-26-20)13(2)25-11-24/h4,6,8-13,15H,3,5,7,21H2,1-2H3. The maximum absolute atomic E-state index is 10.6. The first kappa shape index (κ1) is 17.1. The third-order valence-corrected chi connectivity index (χ3v) is 6.45. The number of nitrogens with zero attached hydrogens (tertiary/aromatic N) is 2. The third kappa shape index (κ3) is 2.78. The average Bonchev–Trinajstić information content (AvgIpc) is 3.34. The van der Waals surface area contributed by atoms with Crippen LogP contribution in [-0.2, 0) is 9.53 Å². The van der Waals surface area contributed by atoms with Crippen LogP contribution in [-0.4, -0.2) is 16.1 Å². The van der Waals surface area contributed by atoms with E-state index in [0.717, 1.165) is 27.3 Å². The largest absolute Gasteiger partial charge is 0.458 e. The first-order valence-electron chi connectivity index (χ1n) is 9.04. The van der Waals surface area contributed by atoms with E-state index in [4.69, 9.17) is 10.6 Å². The van der Waals surface area contributed by atoms with Crippen LogP contribution in [0.15, 0.2) is 29.6 Å². The highest BCUT2D eigenvalue weighted by Gasteiger charge is 2.28. The minimum Gasteiger partial charge on any atom is -0.458 e. The smallest absolute Gasteiger partial charge is 0.293 e. The molecule has 0 saturated heterocycles. The lowest BCUT2D eigenvalue weighted by atomic mass is 9.89. The van der Waals surface area contributed by atoms with Crippen LogP contribution in [0.5, 0.6) is 0 Å². The number of hydrogen-bond donors (Lipinski definition) is 1. The molecule has 2 N–H and O–H groups in total. The molecular weight excluding hydrogens is 346 g/mol. The van der Waals surface area contributed by atoms with Crippen LogP contribution in [0, 0.1) is 5.92 Å². The van der Waals surface area contributed by atoms with Crippen molar-refractivity contribution in [2.45, 2.75) is 45.1 Å². The molecule has 6 heteroatoms. The minimum atomic E-state index is -0.358. The lowest BCUT2D eigenvalue weighted by molar-refractivity contribution is -0.133. The number of aromatic nitrogens is 2. The lowest BCUT2D eigenvalue weighted by Crippen LogP contribution is -2.12. The van der Waals surface area contributed by atoms with Gasteiger partial charge < -0.3 is 10.6 Å². The van der Waals surface area contributed by atoms with Gasteiger partial charge in [0.05, 0.1) is 16.9 Å². The first-order chi connectivity index (χ1) is 12.6. The number of carbonyl (C=O) groups is 1. The van der Waals surface area contributed by atoms with Crippen molar-refractivity contribution in [1.82, 2.24) is 9.66 Å². The average molecular weight is 369 g/mol. The topological polar surface area (TPSA) is 70.1 Å². The van der Waals surface area contributed by atoms with Gasteiger partial charge in [-0.15, -0.1) is 11.3 Å². The summed E-state index contributed by atoms with van der Waals surface area (Å²) < 4.78 is 6.77. The van der Waals surface area contributed by atoms with Crippen LogP contribution in [0.4, 0.5) is 0 Å². The fourth-order valence-electron chi connectivity index (χ4n) is 4.13. The number of carbonyl (C=O) groups excluding carboxylic acids is 1. The maximum atomic E-state index is 10.6. The lowest BCUT2D eigenvalue weighted by Gasteiger charge is -2.18. The van der Waals surface area contributed by atoms with E-state index in [2.05, 4.69) is 36.2 Å². The van der Waals surface area contributed by atoms with Gasteiger partial charge in [0.25, 0.3) is 6.47 Å². The molecule has 26 heavy (non-hydrogen) atoms. The second-order valence-corrected chi connectivity index (χ2v) is 8.01. The van der Waals surface area contributed by atoms with Crippen molar-refractivity contribution >= 4 is 28.7 Å². The van der Waals surface area contributed by atoms with Gasteiger partial charge >= 0.3 is 0 Å². The van der Waals surface area contributed by atoms with Gasteiger partial charge in [0.15, 0.2) is 0 Å². The van der Waals surface area contributed by atoms with Crippen molar-refractivity contribution in [2.24, 2.45) is 5.92 Å². The Labute approximate surface area is 156 Å². The summed E-state index contributed by atoms with van der Waals surface area (Å²) >= 11 is 1.52. The number of thiazole rings is 1. The van der Waals surface area contributed by atoms with E-state index >= 15 is 0 Å². The number of para-hydroxylation sites is 1. The Balaban J connectivity index is 1.78. The predicted molar refractivity (Wildman–Crippen MR) is 105 cm³/mol. The van der Waals surface area contributed by atoms with Gasteiger partial charge in [-0.3, -0.25) is 9.47 Å². The van der Waals surface area contributed by atoms with E-state index in [1.54, 1.807) is 4.68 Å². The molecule has 1 fully saturated rings. The van der Waals surface area contributed by atoms with E-state index in [1.807, 2.05) is 12.3 Å². The van der Waals surface area contributed by atoms with Crippen molar-refractivity contribution in [3.8, 4) is 10.7 Å². The Hall–Kier alpha value is -2.34. The van der Waals surface area contributed by atoms with Crippen molar-refractivity contribution in [2.75, 3.05) is 5.84 Å². The summed E-state index contributed by atoms with van der Waals surface area (Å²) in [6, 6.07) is 8.55. The molecule has 0 amide bonds. The van der Waals surface area contributed by atoms with Gasteiger partial charge in [-0.05, 0) is 36.8 Å². The number of benzene rings is 1. The van der Waals surface area contributed by atoms with E-state index in [1.165, 1.54) is 36.2 Å². The van der Waals surface area contributed by atoms with Gasteiger partial charge in [-0.2, -0.15) is 0 Å². The Bertz CT molecular complexity index is 946. The number of fused-ring (bicyclic) bond motifs is 1. The molecule has 0 aliphatic heterocycles. The van der Waals surface area contributed by atoms with Crippen molar-refractivity contribution in [1.29, 1.82) is 0 Å². The molecule has 1 saturated carbocycles. The molecule has 1 aliphatic carbocycles. The van der Waals surface area contributed by atoms with Crippen molar-refractivity contribution < 1.29 is 9.53 Å². The number of ether oxygens (including phenoxy) is 1. The van der Waals surface area contributed by atoms with Gasteiger partial charge in [-0.1, -0.05) is 38.0 Å². The second-order valence-electron chi connectivity index (χ2n) is 7.15. The van der Waals surface area contributed by atoms with Gasteiger partial charge in [-0.25, -0.2) is 4.98 Å². The minimum absolute atomic E-state index is 0.358. The Morgan fingerprint density at radius 2 is 2.27 bits per heavy atom. The molecule has 5 nitrogen and oxygen atoms in total. The molecule has 1 aromatic carbocycles. The van der Waals surface area contributed by atoms with Crippen LogP contribution in [0.1, 0.15) is 56.4 Å². The molecule has 3 atom stereocenters. The zero-order valence-electron chi connectivity index (χ0n) is 15.0. The number of hydrogen-bond acceptors (Lipinski definition) is 5. The first-order valence-corrected chi connectivity index (χ1v) is 9.92. The molecule has 0 radical (unpaired) electrons. The van der Waals surface area contributed by atoms with E-state index < -0.39 is 0 Å². The summed E-state index contributed by atoms with van der Waals surface area (Å²) in [5, 5.41) is 3.90. The summed E-state index contributed by atoms with van der Waals surface area (Å²) in [7, 11) is 0. The van der Waals surface area contributed by atoms with Gasteiger partial charge in [0.2, 0.25) is 0 Å². The molecule has 4 rings (SSSR count). The summed E-state index contributed by atoms with van der Waals surface area (Å²) in [6.45, 7) is 4.60. The zero-order valence-corrected chi connectivity index (χ0v) is 15.8. The second kappa shape index (κ2) is 6.76. The van der Waals surface area contributed by atoms with Crippen LogP contribution < -0.4 is 5.84 Å². The monoisotopic (exact) mass is 369 g/mol. The predicted octanol–water partition coefficient (Wildman–Crippen LogP) is 4.62. The number of nitrogens with two attached hydrogens (primary N) is 1. The van der Waals surface area contributed by atoms with Crippen LogP contribution in [0.2, 0.25) is 0 Å². The molecule has 136 valence electrons. The molecule has 2 aromatic heterocycles. The third-order valence-electron chi connectivity index (χ3n) is 5.57. The van der Waals surface area contributed by atoms with E-state index in [-0.39, 0.29) is 6.10 Å². The van der Waals surface area contributed by atoms with Crippen molar-refractivity contribution in [3.05, 3.63) is 40.9 Å². The highest BCUT2D eigenvalue weighted by molar-refractivity contribution is 7.13. The van der Waals surface area contributed by atoms with Crippen LogP contribution in [0.25, 0.3) is 21.6 Å². The van der Waals surface area contributed by atoms with Crippen LogP contribution in [0.3, 0.4) is 0 Å². The van der Waals surface area contributed by atoms with Gasteiger partial charge in [0, 0.05) is 10.8 Å². The van der Waals surface area contributed by atoms with Gasteiger partial charge in [0.1, 0.15) is 11.1 Å². The Kier molecular flexibility index (Phi) is 4.44. The van der Waals surface area contributed by atoms with E-state index in [0.29, 0.717) is 18.3 Å². The molecule has 3 unspecified atom stereocenters. The molecular formula is C20H23N3O2S. The Morgan fingerprint density at radius 3 is 3.00 bits per heavy atom. The summed E-state index contributed by atoms with van der Waals surface area (Å²) in [6.07, 6.45) is 3.43. The molecule has 3 aromatic rings. The SMILES string of the molecule is CC(OC=O)c1csc(-c2cc3cccc(C4CCCC4C)c3n2N)n1. The van der Waals surface area contributed by atoms with Crippen LogP contribution >= 0.6 is 11.3 Å². The summed E-state index contributed by atoms with van der Waals surface area (Å²) in [4.78, 5) is 15.2. The fraction of sp³-hybridized carbons (Fsp3) is 0.400. The maximum Gasteiger partial charge on any atom is 0.293 e. The van der Waals surface area contributed by atoms with Crippen molar-refractivity contribution in [3.63, 3.8) is 0 Å². The zero-order chi connectivity index (χ0) is 18.3. The highest BCUT2D eigenvalue weighted by atomic mass is 32.1. The molecule has 0 spiro atoms. The van der Waals surface area contributed by atoms with E-state index in [9.17, 15) is 4.79 Å². The Morgan fingerprint density at radius 1 is 1.42 bits per heavy atom. The normalized spacial score (nSPS) is 21.2. The molecule has 1 aliphatic rings. The summed E-state index contributed by atoms with van der Waals surface area (Å²) in [5.74, 6) is 7.78. The molecule has 2 heterocycles. The summed E-state index contributed by atoms with van der Waals surface area (Å²) in [5.41, 5.74) is 4.09. The number of nitrogen functional groups attached to an aromatic ring is 1. The highest BCUT2D eigenvalue weighted by Crippen LogP contribution is 2.43. The molecule has 0 bridgehead atoms.